The standard InChI is InChI=1S/C29H33N3O5/c1-29(2)15-31(12-24(33)21-10-16-5-3-4-6-18(16)11-30-21)28(35)19-8-7-17(9-20(19)29)27(34)32-22-13-36-26-23(32)14-37-25(22)26/h3-9,21-26,30,33H,10-15H2,1-2H3/t21-,22?,23?,24-,25?,26?/m0/s1. The first-order valence-corrected chi connectivity index (χ1v) is 13.3. The van der Waals surface area contributed by atoms with E-state index in [1.54, 1.807) is 17.0 Å². The van der Waals surface area contributed by atoms with E-state index >= 15 is 0 Å². The van der Waals surface area contributed by atoms with Gasteiger partial charge in [-0.25, -0.2) is 0 Å². The Morgan fingerprint density at radius 3 is 2.54 bits per heavy atom. The molecule has 8 nitrogen and oxygen atoms in total. The number of aliphatic hydroxyl groups is 1. The van der Waals surface area contributed by atoms with Gasteiger partial charge in [0.25, 0.3) is 11.8 Å². The van der Waals surface area contributed by atoms with Crippen molar-refractivity contribution in [3.63, 3.8) is 0 Å². The molecule has 0 radical (unpaired) electrons. The largest absolute Gasteiger partial charge is 0.390 e. The first-order valence-electron chi connectivity index (χ1n) is 13.3. The molecular formula is C29H33N3O5. The van der Waals surface area contributed by atoms with Gasteiger partial charge in [-0.1, -0.05) is 38.1 Å². The van der Waals surface area contributed by atoms with Gasteiger partial charge in [0.1, 0.15) is 12.2 Å². The first kappa shape index (κ1) is 23.3. The quantitative estimate of drug-likeness (QED) is 0.657. The number of hydrogen-bond donors (Lipinski definition) is 2. The minimum Gasteiger partial charge on any atom is -0.390 e. The van der Waals surface area contributed by atoms with Crippen LogP contribution in [0.1, 0.15) is 51.3 Å². The van der Waals surface area contributed by atoms with Gasteiger partial charge in [0.15, 0.2) is 0 Å². The summed E-state index contributed by atoms with van der Waals surface area (Å²) in [4.78, 5) is 30.8. The van der Waals surface area contributed by atoms with Crippen LogP contribution in [0, 0.1) is 0 Å². The number of ether oxygens (including phenoxy) is 2. The predicted molar refractivity (Wildman–Crippen MR) is 135 cm³/mol. The van der Waals surface area contributed by atoms with E-state index in [4.69, 9.17) is 9.47 Å². The number of morpholine rings is 2. The van der Waals surface area contributed by atoms with Crippen molar-refractivity contribution in [2.24, 2.45) is 0 Å². The van der Waals surface area contributed by atoms with Crippen LogP contribution >= 0.6 is 0 Å². The Balaban J connectivity index is 1.09. The summed E-state index contributed by atoms with van der Waals surface area (Å²) >= 11 is 0. The monoisotopic (exact) mass is 503 g/mol. The molecule has 7 rings (SSSR count). The maximum Gasteiger partial charge on any atom is 0.254 e. The molecule has 3 fully saturated rings. The SMILES string of the molecule is CC1(C)CN(C[C@H](O)[C@@H]2Cc3ccccc3CN2)C(=O)c2ccc(C(=O)N3C4COC5C4OCC53)cc21. The highest BCUT2D eigenvalue weighted by molar-refractivity contribution is 6.01. The Labute approximate surface area is 216 Å². The molecule has 2 aromatic rings. The minimum atomic E-state index is -0.680. The highest BCUT2D eigenvalue weighted by atomic mass is 16.6. The zero-order valence-electron chi connectivity index (χ0n) is 21.2. The summed E-state index contributed by atoms with van der Waals surface area (Å²) in [5.74, 6) is -0.105. The third kappa shape index (κ3) is 3.57. The van der Waals surface area contributed by atoms with Gasteiger partial charge >= 0.3 is 0 Å². The Bertz CT molecular complexity index is 1260. The van der Waals surface area contributed by atoms with Crippen LogP contribution < -0.4 is 5.32 Å². The maximum atomic E-state index is 13.6. The maximum absolute atomic E-state index is 13.6. The fraction of sp³-hybridized carbons (Fsp3) is 0.517. The minimum absolute atomic E-state index is 0.0124. The van der Waals surface area contributed by atoms with Crippen LogP contribution in [0.4, 0.5) is 0 Å². The summed E-state index contributed by atoms with van der Waals surface area (Å²) in [6.07, 6.45) is 0.0237. The van der Waals surface area contributed by atoms with E-state index < -0.39 is 6.10 Å². The van der Waals surface area contributed by atoms with Gasteiger partial charge in [-0.3, -0.25) is 9.59 Å². The lowest BCUT2D eigenvalue weighted by atomic mass is 9.77. The molecule has 194 valence electrons. The van der Waals surface area contributed by atoms with Gasteiger partial charge in [0.2, 0.25) is 0 Å². The van der Waals surface area contributed by atoms with Gasteiger partial charge < -0.3 is 29.7 Å². The third-order valence-electron chi connectivity index (χ3n) is 9.03. The molecule has 0 aromatic heterocycles. The Morgan fingerprint density at radius 1 is 1.11 bits per heavy atom. The number of β-amino-alcohol motifs (C(OH)–C–C–N with tert-alkyl or cyclic N) is 1. The van der Waals surface area contributed by atoms with Gasteiger partial charge in [-0.2, -0.15) is 0 Å². The molecule has 2 aromatic carbocycles. The summed E-state index contributed by atoms with van der Waals surface area (Å²) in [5, 5.41) is 14.5. The number of carbonyl (C=O) groups is 2. The van der Waals surface area contributed by atoms with Crippen molar-refractivity contribution in [3.05, 3.63) is 70.3 Å². The highest BCUT2D eigenvalue weighted by Gasteiger charge is 2.61. The van der Waals surface area contributed by atoms with Gasteiger partial charge in [0, 0.05) is 42.2 Å². The molecular weight excluding hydrogens is 470 g/mol. The molecule has 8 heteroatoms. The van der Waals surface area contributed by atoms with Crippen LogP contribution in [0.15, 0.2) is 42.5 Å². The molecule has 6 atom stereocenters. The second-order valence-electron chi connectivity index (χ2n) is 11.8. The number of amides is 2. The normalized spacial score (nSPS) is 31.9. The van der Waals surface area contributed by atoms with Crippen LogP contribution in [0.25, 0.3) is 0 Å². The van der Waals surface area contributed by atoms with Gasteiger partial charge in [0.05, 0.1) is 31.4 Å². The van der Waals surface area contributed by atoms with Crippen molar-refractivity contribution >= 4 is 11.8 Å². The average molecular weight is 504 g/mol. The molecule has 5 heterocycles. The number of nitrogens with one attached hydrogen (secondary N) is 1. The number of aliphatic hydroxyl groups excluding tert-OH is 1. The summed E-state index contributed by atoms with van der Waals surface area (Å²) in [7, 11) is 0. The van der Waals surface area contributed by atoms with Crippen LogP contribution in [0.2, 0.25) is 0 Å². The first-order chi connectivity index (χ1) is 17.8. The summed E-state index contributed by atoms with van der Waals surface area (Å²) in [6, 6.07) is 13.6. The Kier molecular flexibility index (Phi) is 5.28. The fourth-order valence-corrected chi connectivity index (χ4v) is 7.11. The molecule has 4 bridgehead atoms. The Hall–Kier alpha value is -2.78. The van der Waals surface area contributed by atoms with E-state index in [9.17, 15) is 14.7 Å². The lowest BCUT2D eigenvalue weighted by molar-refractivity contribution is -0.0280. The molecule has 5 aliphatic heterocycles. The summed E-state index contributed by atoms with van der Waals surface area (Å²) in [6.45, 7) is 6.70. The molecule has 3 saturated heterocycles. The predicted octanol–water partition coefficient (Wildman–Crippen LogP) is 1.49. The smallest absolute Gasteiger partial charge is 0.254 e. The fourth-order valence-electron chi connectivity index (χ4n) is 7.11. The van der Waals surface area contributed by atoms with E-state index in [0.717, 1.165) is 18.5 Å². The zero-order valence-corrected chi connectivity index (χ0v) is 21.2. The van der Waals surface area contributed by atoms with Crippen molar-refractivity contribution in [2.75, 3.05) is 26.3 Å². The molecule has 2 N–H and O–H groups in total. The Morgan fingerprint density at radius 2 is 1.81 bits per heavy atom. The number of rotatable bonds is 4. The zero-order chi connectivity index (χ0) is 25.5. The number of nitrogens with zero attached hydrogens (tertiary/aromatic N) is 2. The third-order valence-corrected chi connectivity index (χ3v) is 9.03. The number of hydrogen-bond acceptors (Lipinski definition) is 6. The van der Waals surface area contributed by atoms with E-state index in [1.807, 2.05) is 23.1 Å². The van der Waals surface area contributed by atoms with E-state index in [-0.39, 0.29) is 54.1 Å². The molecule has 4 unspecified atom stereocenters. The number of likely N-dealkylation sites (tertiary alicyclic amines) is 1. The molecule has 2 amide bonds. The van der Waals surface area contributed by atoms with Crippen LogP contribution in [-0.2, 0) is 27.9 Å². The molecule has 37 heavy (non-hydrogen) atoms. The van der Waals surface area contributed by atoms with Crippen molar-refractivity contribution in [3.8, 4) is 0 Å². The average Bonchev–Trinajstić information content (AvgIpc) is 3.59. The number of carbonyl (C=O) groups excluding carboxylic acids is 2. The molecule has 5 aliphatic rings. The summed E-state index contributed by atoms with van der Waals surface area (Å²) in [5.41, 5.74) is 4.25. The van der Waals surface area contributed by atoms with Crippen molar-refractivity contribution in [1.82, 2.24) is 15.1 Å². The lowest BCUT2D eigenvalue weighted by Crippen LogP contribution is -2.54. The molecule has 0 spiro atoms. The molecule has 0 saturated carbocycles. The highest BCUT2D eigenvalue weighted by Crippen LogP contribution is 2.42. The number of fused-ring (bicyclic) bond motifs is 2. The van der Waals surface area contributed by atoms with Crippen molar-refractivity contribution in [2.45, 2.75) is 68.7 Å². The van der Waals surface area contributed by atoms with E-state index in [0.29, 0.717) is 30.9 Å². The summed E-state index contributed by atoms with van der Waals surface area (Å²) < 4.78 is 11.6. The topological polar surface area (TPSA) is 91.3 Å². The molecule has 0 aliphatic carbocycles. The van der Waals surface area contributed by atoms with Crippen LogP contribution in [-0.4, -0.2) is 89.5 Å². The second-order valence-corrected chi connectivity index (χ2v) is 11.8. The van der Waals surface area contributed by atoms with E-state index in [2.05, 4.69) is 31.3 Å². The van der Waals surface area contributed by atoms with Crippen LogP contribution in [0.5, 0.6) is 0 Å². The van der Waals surface area contributed by atoms with Gasteiger partial charge in [-0.15, -0.1) is 0 Å². The van der Waals surface area contributed by atoms with Crippen molar-refractivity contribution in [1.29, 1.82) is 0 Å². The van der Waals surface area contributed by atoms with Crippen LogP contribution in [0.3, 0.4) is 0 Å². The van der Waals surface area contributed by atoms with E-state index in [1.165, 1.54) is 11.1 Å². The van der Waals surface area contributed by atoms with Gasteiger partial charge in [-0.05, 0) is 41.3 Å². The van der Waals surface area contributed by atoms with Crippen molar-refractivity contribution < 1.29 is 24.2 Å². The lowest BCUT2D eigenvalue weighted by Gasteiger charge is -2.42. The number of benzene rings is 2. The second kappa shape index (κ2) is 8.36.